The normalized spacial score (nSPS) is 29.4. The second-order valence-corrected chi connectivity index (χ2v) is 8.49. The van der Waals surface area contributed by atoms with Crippen LogP contribution in [0.2, 0.25) is 0 Å². The van der Waals surface area contributed by atoms with E-state index >= 15 is 0 Å². The van der Waals surface area contributed by atoms with Crippen LogP contribution in [0, 0.1) is 16.7 Å². The van der Waals surface area contributed by atoms with Crippen LogP contribution in [-0.4, -0.2) is 24.4 Å². The molecule has 3 rings (SSSR count). The topological polar surface area (TPSA) is 58.2 Å². The molecule has 2 saturated carbocycles. The van der Waals surface area contributed by atoms with Crippen LogP contribution in [0.25, 0.3) is 0 Å². The van der Waals surface area contributed by atoms with Gasteiger partial charge in [0.25, 0.3) is 0 Å². The molecule has 3 unspecified atom stereocenters. The second-order valence-electron chi connectivity index (χ2n) is 8.49. The molecule has 2 aliphatic carbocycles. The van der Waals surface area contributed by atoms with Gasteiger partial charge in [0.05, 0.1) is 6.42 Å². The van der Waals surface area contributed by atoms with Gasteiger partial charge in [-0.2, -0.15) is 0 Å². The molecule has 2 N–H and O–H groups in total. The largest absolute Gasteiger partial charge is 0.355 e. The van der Waals surface area contributed by atoms with Gasteiger partial charge in [0.15, 0.2) is 0 Å². The molecule has 0 aromatic heterocycles. The molecule has 136 valence electrons. The van der Waals surface area contributed by atoms with Crippen molar-refractivity contribution in [2.75, 3.05) is 6.54 Å². The van der Waals surface area contributed by atoms with E-state index in [1.54, 1.807) is 0 Å². The van der Waals surface area contributed by atoms with Gasteiger partial charge in [-0.15, -0.1) is 0 Å². The summed E-state index contributed by atoms with van der Waals surface area (Å²) >= 11 is 0. The summed E-state index contributed by atoms with van der Waals surface area (Å²) in [4.78, 5) is 24.2. The molecule has 4 heteroatoms. The van der Waals surface area contributed by atoms with Crippen LogP contribution in [0.15, 0.2) is 30.3 Å². The minimum atomic E-state index is -0.0352. The molecule has 2 fully saturated rings. The lowest BCUT2D eigenvalue weighted by Gasteiger charge is -2.39. The summed E-state index contributed by atoms with van der Waals surface area (Å²) in [7, 11) is 0. The Labute approximate surface area is 150 Å². The van der Waals surface area contributed by atoms with Crippen molar-refractivity contribution in [2.24, 2.45) is 16.7 Å². The molecule has 4 nitrogen and oxygen atoms in total. The number of carbonyl (C=O) groups is 2. The Kier molecular flexibility index (Phi) is 4.90. The zero-order valence-electron chi connectivity index (χ0n) is 15.6. The summed E-state index contributed by atoms with van der Waals surface area (Å²) in [6.07, 6.45) is 4.28. The van der Waals surface area contributed by atoms with Crippen LogP contribution < -0.4 is 10.6 Å². The minimum absolute atomic E-state index is 0.0352. The maximum absolute atomic E-state index is 12.3. The van der Waals surface area contributed by atoms with E-state index in [-0.39, 0.29) is 23.3 Å². The van der Waals surface area contributed by atoms with Crippen LogP contribution in [0.5, 0.6) is 0 Å². The fourth-order valence-corrected chi connectivity index (χ4v) is 4.85. The van der Waals surface area contributed by atoms with E-state index in [9.17, 15) is 9.59 Å². The predicted octanol–water partition coefficient (Wildman–Crippen LogP) is 3.07. The van der Waals surface area contributed by atoms with Gasteiger partial charge in [-0.1, -0.05) is 51.1 Å². The van der Waals surface area contributed by atoms with E-state index in [4.69, 9.17) is 0 Å². The highest BCUT2D eigenvalue weighted by Crippen LogP contribution is 2.65. The smallest absolute Gasteiger partial charge is 0.224 e. The fraction of sp³-hybridized carbons (Fsp3) is 0.619. The number of rotatable bonds is 6. The molecule has 1 aromatic carbocycles. The summed E-state index contributed by atoms with van der Waals surface area (Å²) in [5, 5.41) is 6.09. The Morgan fingerprint density at radius 2 is 1.84 bits per heavy atom. The van der Waals surface area contributed by atoms with Crippen molar-refractivity contribution in [3.63, 3.8) is 0 Å². The lowest BCUT2D eigenvalue weighted by atomic mass is 9.69. The fourth-order valence-electron chi connectivity index (χ4n) is 4.85. The Morgan fingerprint density at radius 3 is 2.44 bits per heavy atom. The molecule has 0 spiro atoms. The number of benzene rings is 1. The van der Waals surface area contributed by atoms with Crippen LogP contribution in [-0.2, 0) is 16.0 Å². The lowest BCUT2D eigenvalue weighted by molar-refractivity contribution is -0.123. The average Bonchev–Trinajstić information content (AvgIpc) is 2.89. The molecule has 3 atom stereocenters. The monoisotopic (exact) mass is 342 g/mol. The molecule has 0 radical (unpaired) electrons. The van der Waals surface area contributed by atoms with E-state index in [0.29, 0.717) is 30.7 Å². The van der Waals surface area contributed by atoms with Gasteiger partial charge in [-0.3, -0.25) is 9.59 Å². The minimum Gasteiger partial charge on any atom is -0.355 e. The highest BCUT2D eigenvalue weighted by atomic mass is 16.2. The van der Waals surface area contributed by atoms with Gasteiger partial charge in [0.2, 0.25) is 11.8 Å². The molecule has 2 amide bonds. The molecule has 2 aliphatic rings. The van der Waals surface area contributed by atoms with Crippen molar-refractivity contribution in [3.8, 4) is 0 Å². The SMILES string of the molecule is CC1(C)C2CCC1(C)C(NC(=O)CCNC(=O)Cc1ccccc1)C2. The van der Waals surface area contributed by atoms with Gasteiger partial charge in [0.1, 0.15) is 0 Å². The second kappa shape index (κ2) is 6.81. The van der Waals surface area contributed by atoms with Crippen molar-refractivity contribution in [1.82, 2.24) is 10.6 Å². The third-order valence-electron chi connectivity index (χ3n) is 7.01. The highest BCUT2D eigenvalue weighted by Gasteiger charge is 2.61. The Balaban J connectivity index is 1.41. The number of fused-ring (bicyclic) bond motifs is 2. The number of amides is 2. The van der Waals surface area contributed by atoms with Gasteiger partial charge >= 0.3 is 0 Å². The van der Waals surface area contributed by atoms with Crippen LogP contribution in [0.1, 0.15) is 52.0 Å². The van der Waals surface area contributed by atoms with Crippen molar-refractivity contribution in [1.29, 1.82) is 0 Å². The van der Waals surface area contributed by atoms with Gasteiger partial charge in [0, 0.05) is 19.0 Å². The average molecular weight is 342 g/mol. The maximum atomic E-state index is 12.3. The van der Waals surface area contributed by atoms with E-state index < -0.39 is 0 Å². The molecule has 0 heterocycles. The number of nitrogens with one attached hydrogen (secondary N) is 2. The molecule has 1 aromatic rings. The van der Waals surface area contributed by atoms with E-state index in [2.05, 4.69) is 31.4 Å². The van der Waals surface area contributed by atoms with Crippen LogP contribution >= 0.6 is 0 Å². The summed E-state index contributed by atoms with van der Waals surface area (Å²) in [6.45, 7) is 7.42. The van der Waals surface area contributed by atoms with E-state index in [0.717, 1.165) is 12.0 Å². The highest BCUT2D eigenvalue weighted by molar-refractivity contribution is 5.80. The quantitative estimate of drug-likeness (QED) is 0.835. The third kappa shape index (κ3) is 3.44. The van der Waals surface area contributed by atoms with Crippen molar-refractivity contribution >= 4 is 11.8 Å². The lowest BCUT2D eigenvalue weighted by Crippen LogP contribution is -2.47. The van der Waals surface area contributed by atoms with Crippen molar-refractivity contribution in [3.05, 3.63) is 35.9 Å². The third-order valence-corrected chi connectivity index (χ3v) is 7.01. The molecule has 0 aliphatic heterocycles. The summed E-state index contributed by atoms with van der Waals surface area (Å²) in [5.74, 6) is 0.731. The van der Waals surface area contributed by atoms with Crippen LogP contribution in [0.4, 0.5) is 0 Å². The zero-order chi connectivity index (χ0) is 18.1. The first-order chi connectivity index (χ1) is 11.8. The van der Waals surface area contributed by atoms with Gasteiger partial charge in [-0.25, -0.2) is 0 Å². The number of carbonyl (C=O) groups excluding carboxylic acids is 2. The number of hydrogen-bond donors (Lipinski definition) is 2. The van der Waals surface area contributed by atoms with E-state index in [1.807, 2.05) is 30.3 Å². The first kappa shape index (κ1) is 18.0. The first-order valence-corrected chi connectivity index (χ1v) is 9.43. The number of hydrogen-bond acceptors (Lipinski definition) is 2. The Bertz CT molecular complexity index is 641. The van der Waals surface area contributed by atoms with Gasteiger partial charge < -0.3 is 10.6 Å². The summed E-state index contributed by atoms with van der Waals surface area (Å²) in [5.41, 5.74) is 1.49. The molecule has 0 saturated heterocycles. The standard InChI is InChI=1S/C21H30N2O2/c1-20(2)16-9-11-21(20,3)17(14-16)23-18(24)10-12-22-19(25)13-15-7-5-4-6-8-15/h4-8,16-17H,9-14H2,1-3H3,(H,22,25)(H,23,24). The van der Waals surface area contributed by atoms with Crippen molar-refractivity contribution in [2.45, 2.75) is 58.9 Å². The zero-order valence-corrected chi connectivity index (χ0v) is 15.6. The Hall–Kier alpha value is -1.84. The van der Waals surface area contributed by atoms with Crippen molar-refractivity contribution < 1.29 is 9.59 Å². The predicted molar refractivity (Wildman–Crippen MR) is 98.9 cm³/mol. The van der Waals surface area contributed by atoms with E-state index in [1.165, 1.54) is 12.8 Å². The van der Waals surface area contributed by atoms with Gasteiger partial charge in [-0.05, 0) is 41.6 Å². The maximum Gasteiger partial charge on any atom is 0.224 e. The molecular weight excluding hydrogens is 312 g/mol. The first-order valence-electron chi connectivity index (χ1n) is 9.43. The molecule has 2 bridgehead atoms. The van der Waals surface area contributed by atoms with Crippen LogP contribution in [0.3, 0.4) is 0 Å². The molecule has 25 heavy (non-hydrogen) atoms. The summed E-state index contributed by atoms with van der Waals surface area (Å²) in [6, 6.07) is 9.92. The Morgan fingerprint density at radius 1 is 1.12 bits per heavy atom. The summed E-state index contributed by atoms with van der Waals surface area (Å²) < 4.78 is 0. The molecular formula is C21H30N2O2.